The van der Waals surface area contributed by atoms with E-state index in [1.165, 1.54) is 45.3 Å². The summed E-state index contributed by atoms with van der Waals surface area (Å²) in [4.78, 5) is 65.9. The van der Waals surface area contributed by atoms with E-state index in [1.54, 1.807) is 36.4 Å². The van der Waals surface area contributed by atoms with Crippen molar-refractivity contribution in [1.82, 2.24) is 0 Å². The molecule has 0 N–H and O–H groups in total. The van der Waals surface area contributed by atoms with Gasteiger partial charge in [-0.05, 0) is 144 Å². The number of benzene rings is 16. The zero-order valence-corrected chi connectivity index (χ0v) is 87.3. The van der Waals surface area contributed by atoms with Crippen molar-refractivity contribution in [2.75, 3.05) is 0 Å². The van der Waals surface area contributed by atoms with Crippen molar-refractivity contribution in [1.29, 1.82) is 0 Å². The molecule has 0 spiro atoms. The molecular weight excluding hydrogens is 1980 g/mol. The Morgan fingerprint density at radius 3 is 0.500 bits per heavy atom. The van der Waals surface area contributed by atoms with E-state index in [4.69, 9.17) is 37.0 Å². The third kappa shape index (κ3) is 23.8. The number of hydrogen-bond donors (Lipinski definition) is 0. The lowest BCUT2D eigenvalue weighted by Gasteiger charge is -2.33. The molecule has 20 aromatic rings. The van der Waals surface area contributed by atoms with Crippen LogP contribution in [0.1, 0.15) is 155 Å². The van der Waals surface area contributed by atoms with E-state index >= 15 is 19.2 Å². The van der Waals surface area contributed by atoms with Crippen LogP contribution in [0.15, 0.2) is 483 Å². The maximum Gasteiger partial charge on any atom is 0.353 e. The first-order valence-corrected chi connectivity index (χ1v) is 57.8. The van der Waals surface area contributed by atoms with Crippen LogP contribution >= 0.6 is 77.9 Å². The molecule has 0 amide bonds. The number of fused-ring (bicyclic) bond motifs is 8. The predicted octanol–water partition coefficient (Wildman–Crippen LogP) is 29.9. The first kappa shape index (κ1) is 99.1. The topological polar surface area (TPSA) is 142 Å². The lowest BCUT2D eigenvalue weighted by molar-refractivity contribution is 0.0716. The maximum atomic E-state index is 16.2. The first-order valence-electron chi connectivity index (χ1n) is 49.3. The summed E-state index contributed by atoms with van der Waals surface area (Å²) in [5, 5.41) is 14.8. The van der Waals surface area contributed by atoms with Crippen molar-refractivity contribution in [3.05, 3.63) is 569 Å². The average molecular weight is 2080 g/mol. The molecule has 4 unspecified atom stereocenters. The van der Waals surface area contributed by atoms with Gasteiger partial charge < -0.3 is 37.0 Å². The molecule has 12 nitrogen and oxygen atoms in total. The van der Waals surface area contributed by atoms with Gasteiger partial charge in [0.2, 0.25) is 0 Å². The molecule has 1 aliphatic rings. The lowest BCUT2D eigenvalue weighted by atomic mass is 9.76. The van der Waals surface area contributed by atoms with Gasteiger partial charge in [-0.2, -0.15) is 0 Å². The number of rotatable bonds is 36. The second kappa shape index (κ2) is 48.2. The molecule has 0 saturated heterocycles. The fraction of sp³-hybridized carbons (Fsp3) is 0.0938. The fourth-order valence-corrected chi connectivity index (χ4v) is 28.5. The molecule has 4 aromatic heterocycles. The zero-order valence-electron chi connectivity index (χ0n) is 80.5. The van der Waals surface area contributed by atoms with Gasteiger partial charge in [0.1, 0.15) is 65.5 Å². The minimum Gasteiger partial charge on any atom is -0.464 e. The molecule has 148 heavy (non-hydrogen) atoms. The van der Waals surface area contributed by atoms with Crippen molar-refractivity contribution in [3.8, 4) is 46.0 Å². The molecule has 0 saturated carbocycles. The van der Waals surface area contributed by atoms with E-state index in [0.29, 0.717) is 138 Å². The van der Waals surface area contributed by atoms with Gasteiger partial charge in [0.05, 0.1) is 0 Å². The van der Waals surface area contributed by atoms with Gasteiger partial charge in [0.15, 0.2) is 32.6 Å². The summed E-state index contributed by atoms with van der Waals surface area (Å²) in [6, 6.07) is 155. The van der Waals surface area contributed by atoms with Crippen LogP contribution in [0.2, 0.25) is 0 Å². The standard InChI is InChI=1S/C128H100O12P4S4/c129-125(121-65-37-77-145-121)133-113-85-114(134-126(130)122-66-38-78-146-122)106-81-105(113)101(73-69-89-41-13-1-14-42-89)109-83-110(118(138-142(95-53-25-7-26-54-95)96-55-27-8-28-56-96)87-117(109)137-141(93-49-21-5-22-50-93)94-51-23-6-24-52-94)103(75-71-91-45-17-3-18-46-91)107-82-108(116(136-128(132)124-68-40-80-148-124)86-115(107)135-127(131)123-67-39-79-147-123)104(76-72-92-47-19-4-20-48-92)112-84-111(102(106)74-70-90-43-15-2-16-44-90)119(139-143(97-57-29-9-30-58-97)98-59-31-10-32-60-98)88-120(112)140-144(99-61-33-11-34-62-99)100-63-35-12-36-64-100/h1-68,77-88,101-104H,69-76H2. The maximum absolute atomic E-state index is 16.2. The third-order valence-electron chi connectivity index (χ3n) is 26.2. The smallest absolute Gasteiger partial charge is 0.353 e. The van der Waals surface area contributed by atoms with Gasteiger partial charge in [-0.3, -0.25) is 0 Å². The van der Waals surface area contributed by atoms with Gasteiger partial charge in [-0.25, -0.2) is 19.2 Å². The van der Waals surface area contributed by atoms with Crippen molar-refractivity contribution in [2.24, 2.45) is 0 Å². The highest BCUT2D eigenvalue weighted by atomic mass is 32.1. The van der Waals surface area contributed by atoms with E-state index in [0.717, 1.165) is 64.7 Å². The van der Waals surface area contributed by atoms with Crippen LogP contribution in [0.4, 0.5) is 0 Å². The van der Waals surface area contributed by atoms with Gasteiger partial charge in [0.25, 0.3) is 0 Å². The van der Waals surface area contributed by atoms with Gasteiger partial charge in [-0.1, -0.05) is 388 Å². The minimum absolute atomic E-state index is 0.115. The van der Waals surface area contributed by atoms with E-state index in [-0.39, 0.29) is 23.0 Å². The van der Waals surface area contributed by atoms with Crippen LogP contribution in [0.25, 0.3) is 0 Å². The highest BCUT2D eigenvalue weighted by molar-refractivity contribution is 7.70. The Labute approximate surface area is 883 Å². The van der Waals surface area contributed by atoms with Crippen LogP contribution in [0.5, 0.6) is 46.0 Å². The third-order valence-corrected chi connectivity index (χ3v) is 37.3. The molecule has 20 heteroatoms. The van der Waals surface area contributed by atoms with Crippen molar-refractivity contribution >= 4 is 144 Å². The van der Waals surface area contributed by atoms with Crippen molar-refractivity contribution in [3.63, 3.8) is 0 Å². The molecule has 21 rings (SSSR count). The predicted molar refractivity (Wildman–Crippen MR) is 608 cm³/mol. The Morgan fingerprint density at radius 1 is 0.182 bits per heavy atom. The van der Waals surface area contributed by atoms with Crippen LogP contribution in [0.3, 0.4) is 0 Å². The molecule has 4 atom stereocenters. The number of carbonyl (C=O) groups is 4. The summed E-state index contributed by atoms with van der Waals surface area (Å²) in [6.45, 7) is 0. The second-order valence-electron chi connectivity index (χ2n) is 35.7. The Kier molecular flexibility index (Phi) is 32.3. The van der Waals surface area contributed by atoms with Crippen molar-refractivity contribution in [2.45, 2.75) is 75.0 Å². The summed E-state index contributed by atoms with van der Waals surface area (Å²) in [5.74, 6) is -3.89. The molecule has 8 bridgehead atoms. The van der Waals surface area contributed by atoms with Crippen LogP contribution in [-0.2, 0) is 25.7 Å². The molecule has 0 radical (unpaired) electrons. The fourth-order valence-electron chi connectivity index (χ4n) is 19.1. The molecule has 1 aliphatic carbocycles. The number of ether oxygens (including phenoxy) is 4. The number of thiophene rings is 4. The average Bonchev–Trinajstić information content (AvgIpc) is 0.814. The van der Waals surface area contributed by atoms with Gasteiger partial charge >= 0.3 is 23.9 Å². The van der Waals surface area contributed by atoms with Gasteiger partial charge in [-0.15, -0.1) is 45.3 Å². The summed E-state index contributed by atoms with van der Waals surface area (Å²) in [6.07, 6.45) is 3.01. The van der Waals surface area contributed by atoms with Crippen LogP contribution in [0, 0.1) is 0 Å². The lowest BCUT2D eigenvalue weighted by Crippen LogP contribution is -2.21. The quantitative estimate of drug-likeness (QED) is 0.0210. The Hall–Kier alpha value is -14.9. The summed E-state index contributed by atoms with van der Waals surface area (Å²) >= 11 is 5.04. The van der Waals surface area contributed by atoms with E-state index in [2.05, 4.69) is 231 Å². The molecule has 0 fully saturated rings. The molecule has 4 heterocycles. The Bertz CT molecular complexity index is 6730. The van der Waals surface area contributed by atoms with E-state index in [1.807, 2.05) is 216 Å². The minimum atomic E-state index is -1.84. The number of aryl methyl sites for hydroxylation is 4. The Balaban J connectivity index is 0.978. The first-order chi connectivity index (χ1) is 73.0. The monoisotopic (exact) mass is 2080 g/mol. The molecule has 728 valence electrons. The van der Waals surface area contributed by atoms with E-state index < -0.39 is 80.1 Å². The molecule has 16 aromatic carbocycles. The highest BCUT2D eigenvalue weighted by Crippen LogP contribution is 2.59. The Morgan fingerprint density at radius 2 is 0.338 bits per heavy atom. The summed E-state index contributed by atoms with van der Waals surface area (Å²) in [7, 11) is -7.37. The largest absolute Gasteiger partial charge is 0.464 e. The number of carbonyl (C=O) groups excluding carboxylic acids is 4. The normalized spacial score (nSPS) is 13.7. The summed E-state index contributed by atoms with van der Waals surface area (Å²) in [5.41, 5.74) is 8.93. The zero-order chi connectivity index (χ0) is 100. The number of esters is 4. The van der Waals surface area contributed by atoms with Crippen molar-refractivity contribution < 1.29 is 56.2 Å². The van der Waals surface area contributed by atoms with E-state index in [9.17, 15) is 0 Å². The summed E-state index contributed by atoms with van der Waals surface area (Å²) < 4.78 is 63.0. The van der Waals surface area contributed by atoms with Crippen LogP contribution < -0.4 is 79.5 Å². The molecule has 0 aliphatic heterocycles. The second-order valence-corrected chi connectivity index (χ2v) is 46.7. The molecular formula is C128H100O12P4S4. The van der Waals surface area contributed by atoms with Gasteiger partial charge in [0, 0.05) is 135 Å². The SMILES string of the molecule is O=C(Oc1cc(OC(=O)c2cccs2)c2cc1C(CCc1ccccc1)c1cc(c(OP(c3ccccc3)c3ccccc3)cc1OP(c1ccccc1)c1ccccc1)C(CCc1ccccc1)c1cc(c(OC(=O)c3cccs3)cc1OC(=O)c1cccs1)C(CCc1ccccc1)c1cc(c(OP(c3ccccc3)c3ccccc3)cc1OP(c1ccccc1)c1ccccc1)C2CCc1ccccc1)c1cccs1. The number of hydrogen-bond acceptors (Lipinski definition) is 16. The highest BCUT2D eigenvalue weighted by Gasteiger charge is 2.41. The van der Waals surface area contributed by atoms with Crippen LogP contribution in [-0.4, -0.2) is 23.9 Å².